The molecule has 8 unspecified atom stereocenters. The van der Waals surface area contributed by atoms with Gasteiger partial charge in [-0.3, -0.25) is 0 Å². The zero-order valence-corrected chi connectivity index (χ0v) is 13.4. The maximum absolute atomic E-state index is 11.2. The molecule has 1 saturated heterocycles. The predicted molar refractivity (Wildman–Crippen MR) is 79.2 cm³/mol. The largest absolute Gasteiger partial charge is 0.479 e. The number of ether oxygens (including phenoxy) is 1. The Morgan fingerprint density at radius 3 is 2.27 bits per heavy atom. The van der Waals surface area contributed by atoms with E-state index >= 15 is 0 Å². The number of carbonyl (C=O) groups is 1. The van der Waals surface area contributed by atoms with E-state index in [-0.39, 0.29) is 5.92 Å². The van der Waals surface area contributed by atoms with Crippen molar-refractivity contribution in [3.05, 3.63) is 0 Å². The molecule has 22 heavy (non-hydrogen) atoms. The Morgan fingerprint density at radius 1 is 1.09 bits per heavy atom. The Kier molecular flexibility index (Phi) is 5.48. The summed E-state index contributed by atoms with van der Waals surface area (Å²) in [6.07, 6.45) is -3.67. The monoisotopic (exact) mass is 316 g/mol. The topological polar surface area (TPSA) is 107 Å². The fraction of sp³-hybridized carbons (Fsp3) is 0.938. The van der Waals surface area contributed by atoms with Gasteiger partial charge in [0.25, 0.3) is 0 Å². The summed E-state index contributed by atoms with van der Waals surface area (Å²) < 4.78 is 5.55. The van der Waals surface area contributed by atoms with Crippen LogP contribution in [0, 0.1) is 23.7 Å². The van der Waals surface area contributed by atoms with Gasteiger partial charge in [-0.25, -0.2) is 4.79 Å². The second-order valence-corrected chi connectivity index (χ2v) is 7.32. The normalized spacial score (nSPS) is 46.7. The molecule has 6 nitrogen and oxygen atoms in total. The van der Waals surface area contributed by atoms with Crippen LogP contribution in [-0.2, 0) is 9.53 Å². The summed E-state index contributed by atoms with van der Waals surface area (Å²) in [5, 5.41) is 39.3. The van der Waals surface area contributed by atoms with E-state index < -0.39 is 36.5 Å². The Bertz CT molecular complexity index is 398. The molecule has 0 aromatic rings. The van der Waals surface area contributed by atoms with Crippen LogP contribution in [-0.4, -0.2) is 56.9 Å². The number of aliphatic hydroxyl groups is 3. The van der Waals surface area contributed by atoms with Crippen LogP contribution in [0.15, 0.2) is 0 Å². The average Bonchev–Trinajstić information content (AvgIpc) is 2.44. The van der Waals surface area contributed by atoms with E-state index in [1.54, 1.807) is 0 Å². The van der Waals surface area contributed by atoms with Gasteiger partial charge < -0.3 is 25.2 Å². The Labute approximate surface area is 131 Å². The molecular weight excluding hydrogens is 288 g/mol. The maximum atomic E-state index is 11.2. The van der Waals surface area contributed by atoms with E-state index in [0.717, 1.165) is 19.3 Å². The second kappa shape index (κ2) is 6.83. The van der Waals surface area contributed by atoms with E-state index in [0.29, 0.717) is 17.8 Å². The van der Waals surface area contributed by atoms with E-state index in [1.807, 2.05) is 0 Å². The Morgan fingerprint density at radius 2 is 1.73 bits per heavy atom. The Balaban J connectivity index is 2.24. The van der Waals surface area contributed by atoms with Crippen molar-refractivity contribution in [1.29, 1.82) is 0 Å². The summed E-state index contributed by atoms with van der Waals surface area (Å²) in [5.41, 5.74) is 0. The van der Waals surface area contributed by atoms with Crippen molar-refractivity contribution in [1.82, 2.24) is 0 Å². The molecule has 2 rings (SSSR count). The zero-order chi connectivity index (χ0) is 16.6. The quantitative estimate of drug-likeness (QED) is 0.608. The third-order valence-corrected chi connectivity index (χ3v) is 5.39. The van der Waals surface area contributed by atoms with Gasteiger partial charge in [0.15, 0.2) is 6.10 Å². The second-order valence-electron chi connectivity index (χ2n) is 7.32. The molecule has 0 aromatic carbocycles. The molecule has 4 N–H and O–H groups in total. The van der Waals surface area contributed by atoms with Crippen LogP contribution in [0.2, 0.25) is 0 Å². The molecule has 128 valence electrons. The molecule has 2 fully saturated rings. The smallest absolute Gasteiger partial charge is 0.335 e. The standard InChI is InChI=1S/C16H28O6/c1-7(2)9-5-4-8(3)6-10(9)14-12(18)11(17)13(19)15(22-14)16(20)21/h7-15,17-19H,4-6H2,1-3H3,(H,20,21). The summed E-state index contributed by atoms with van der Waals surface area (Å²) in [6, 6.07) is 0. The van der Waals surface area contributed by atoms with Gasteiger partial charge in [0.2, 0.25) is 0 Å². The maximum Gasteiger partial charge on any atom is 0.335 e. The van der Waals surface area contributed by atoms with Crippen molar-refractivity contribution in [3.8, 4) is 0 Å². The molecular formula is C16H28O6. The van der Waals surface area contributed by atoms with Gasteiger partial charge in [-0.15, -0.1) is 0 Å². The zero-order valence-electron chi connectivity index (χ0n) is 13.4. The summed E-state index contributed by atoms with van der Waals surface area (Å²) in [4.78, 5) is 11.2. The van der Waals surface area contributed by atoms with Crippen molar-refractivity contribution < 1.29 is 30.0 Å². The molecule has 8 atom stereocenters. The molecule has 6 heteroatoms. The summed E-state index contributed by atoms with van der Waals surface area (Å²) in [6.45, 7) is 6.37. The minimum absolute atomic E-state index is 0.0113. The predicted octanol–water partition coefficient (Wildman–Crippen LogP) is 0.629. The van der Waals surface area contributed by atoms with Crippen molar-refractivity contribution >= 4 is 5.97 Å². The highest BCUT2D eigenvalue weighted by Crippen LogP contribution is 2.43. The van der Waals surface area contributed by atoms with Crippen LogP contribution in [0.3, 0.4) is 0 Å². The van der Waals surface area contributed by atoms with Gasteiger partial charge in [0.1, 0.15) is 18.3 Å². The highest BCUT2D eigenvalue weighted by Gasteiger charge is 2.51. The SMILES string of the molecule is CC1CCC(C(C)C)C(C2OC(C(=O)O)C(O)C(O)C2O)C1. The van der Waals surface area contributed by atoms with Crippen molar-refractivity contribution in [3.63, 3.8) is 0 Å². The van der Waals surface area contributed by atoms with Gasteiger partial charge in [0.05, 0.1) is 6.10 Å². The van der Waals surface area contributed by atoms with E-state index in [4.69, 9.17) is 4.74 Å². The van der Waals surface area contributed by atoms with Gasteiger partial charge in [-0.1, -0.05) is 27.2 Å². The molecule has 0 aromatic heterocycles. The highest BCUT2D eigenvalue weighted by atomic mass is 16.6. The van der Waals surface area contributed by atoms with Crippen LogP contribution in [0.4, 0.5) is 0 Å². The lowest BCUT2D eigenvalue weighted by Crippen LogP contribution is -2.62. The van der Waals surface area contributed by atoms with E-state index in [2.05, 4.69) is 20.8 Å². The first-order valence-electron chi connectivity index (χ1n) is 8.16. The first-order valence-corrected chi connectivity index (χ1v) is 8.16. The third-order valence-electron chi connectivity index (χ3n) is 5.39. The van der Waals surface area contributed by atoms with Crippen LogP contribution < -0.4 is 0 Å². The highest BCUT2D eigenvalue weighted by molar-refractivity contribution is 5.73. The molecule has 0 bridgehead atoms. The fourth-order valence-corrected chi connectivity index (χ4v) is 4.12. The van der Waals surface area contributed by atoms with Crippen LogP contribution >= 0.6 is 0 Å². The van der Waals surface area contributed by atoms with Crippen LogP contribution in [0.1, 0.15) is 40.0 Å². The first-order chi connectivity index (χ1) is 10.2. The number of carboxylic acid groups (broad SMARTS) is 1. The number of carboxylic acids is 1. The molecule has 1 aliphatic carbocycles. The first kappa shape index (κ1) is 17.7. The van der Waals surface area contributed by atoms with Crippen molar-refractivity contribution in [2.75, 3.05) is 0 Å². The molecule has 1 heterocycles. The molecule has 1 aliphatic heterocycles. The van der Waals surface area contributed by atoms with Gasteiger partial charge in [0, 0.05) is 0 Å². The van der Waals surface area contributed by atoms with Gasteiger partial charge in [-0.05, 0) is 36.5 Å². The lowest BCUT2D eigenvalue weighted by molar-refractivity contribution is -0.245. The Hall–Kier alpha value is -0.690. The van der Waals surface area contributed by atoms with Crippen LogP contribution in [0.25, 0.3) is 0 Å². The minimum atomic E-state index is -1.61. The molecule has 0 spiro atoms. The average molecular weight is 316 g/mol. The number of aliphatic hydroxyl groups excluding tert-OH is 3. The van der Waals surface area contributed by atoms with Crippen LogP contribution in [0.5, 0.6) is 0 Å². The number of hydrogen-bond acceptors (Lipinski definition) is 5. The number of rotatable bonds is 3. The molecule has 0 amide bonds. The summed E-state index contributed by atoms with van der Waals surface area (Å²) >= 11 is 0. The lowest BCUT2D eigenvalue weighted by atomic mass is 9.66. The molecule has 0 radical (unpaired) electrons. The van der Waals surface area contributed by atoms with Crippen molar-refractivity contribution in [2.24, 2.45) is 23.7 Å². The number of hydrogen-bond donors (Lipinski definition) is 4. The minimum Gasteiger partial charge on any atom is -0.479 e. The third kappa shape index (κ3) is 3.30. The van der Waals surface area contributed by atoms with Gasteiger partial charge >= 0.3 is 5.97 Å². The fourth-order valence-electron chi connectivity index (χ4n) is 4.12. The van der Waals surface area contributed by atoms with Gasteiger partial charge in [-0.2, -0.15) is 0 Å². The summed E-state index contributed by atoms with van der Waals surface area (Å²) in [5.74, 6) is -0.146. The van der Waals surface area contributed by atoms with Crippen molar-refractivity contribution in [2.45, 2.75) is 70.6 Å². The molecule has 1 saturated carbocycles. The number of aliphatic carboxylic acids is 1. The molecule has 2 aliphatic rings. The lowest BCUT2D eigenvalue weighted by Gasteiger charge is -2.47. The van der Waals surface area contributed by atoms with E-state index in [1.165, 1.54) is 0 Å². The van der Waals surface area contributed by atoms with E-state index in [9.17, 15) is 25.2 Å². The summed E-state index contributed by atoms with van der Waals surface area (Å²) in [7, 11) is 0.